The first-order chi connectivity index (χ1) is 14.0. The molecule has 0 radical (unpaired) electrons. The Morgan fingerprint density at radius 1 is 1.17 bits per heavy atom. The molecule has 0 saturated heterocycles. The van der Waals surface area contributed by atoms with Crippen LogP contribution in [-0.2, 0) is 36.6 Å². The molecular weight excluding hydrogens is 376 g/mol. The molecule has 10 nitrogen and oxygen atoms in total. The van der Waals surface area contributed by atoms with Crippen LogP contribution in [0.5, 0.6) is 0 Å². The average Bonchev–Trinajstić information content (AvgIpc) is 3.33. The number of carbonyl (C=O) groups is 1. The highest BCUT2D eigenvalue weighted by Crippen LogP contribution is 2.11. The number of H-pyrrole nitrogens is 1. The van der Waals surface area contributed by atoms with E-state index in [1.165, 1.54) is 17.9 Å². The van der Waals surface area contributed by atoms with Crippen molar-refractivity contribution in [3.05, 3.63) is 57.3 Å². The van der Waals surface area contributed by atoms with E-state index in [0.717, 1.165) is 21.4 Å². The first kappa shape index (κ1) is 18.7. The SMILES string of the molecule is Cn1c(=O)c2c(ncn2CCOC(=O)CCc2nc3ccccc3[nH]2)n(C)c1=O. The van der Waals surface area contributed by atoms with Crippen LogP contribution in [0.4, 0.5) is 0 Å². The van der Waals surface area contributed by atoms with Gasteiger partial charge >= 0.3 is 11.7 Å². The molecule has 0 bridgehead atoms. The van der Waals surface area contributed by atoms with E-state index in [2.05, 4.69) is 15.0 Å². The molecule has 150 valence electrons. The Hall–Kier alpha value is -3.69. The fourth-order valence-corrected chi connectivity index (χ4v) is 3.24. The number of fused-ring (bicyclic) bond motifs is 2. The van der Waals surface area contributed by atoms with E-state index in [0.29, 0.717) is 17.6 Å². The fourth-order valence-electron chi connectivity index (χ4n) is 3.24. The van der Waals surface area contributed by atoms with E-state index >= 15 is 0 Å². The number of benzene rings is 1. The maximum absolute atomic E-state index is 12.4. The van der Waals surface area contributed by atoms with E-state index in [4.69, 9.17) is 4.74 Å². The van der Waals surface area contributed by atoms with Gasteiger partial charge in [0.15, 0.2) is 11.2 Å². The van der Waals surface area contributed by atoms with Crippen molar-refractivity contribution < 1.29 is 9.53 Å². The zero-order chi connectivity index (χ0) is 20.5. The van der Waals surface area contributed by atoms with Crippen molar-refractivity contribution in [2.24, 2.45) is 14.1 Å². The predicted octanol–water partition coefficient (Wildman–Crippen LogP) is 0.486. The molecule has 4 aromatic rings. The number of aromatic amines is 1. The number of hydrogen-bond acceptors (Lipinski definition) is 6. The van der Waals surface area contributed by atoms with Gasteiger partial charge in [-0.3, -0.25) is 18.7 Å². The first-order valence-electron chi connectivity index (χ1n) is 9.16. The highest BCUT2D eigenvalue weighted by atomic mass is 16.5. The van der Waals surface area contributed by atoms with E-state index in [-0.39, 0.29) is 25.5 Å². The number of aromatic nitrogens is 6. The largest absolute Gasteiger partial charge is 0.464 e. The lowest BCUT2D eigenvalue weighted by Gasteiger charge is -2.07. The fraction of sp³-hybridized carbons (Fsp3) is 0.316. The Kier molecular flexibility index (Phi) is 4.75. The number of imidazole rings is 2. The standard InChI is InChI=1S/C19H20N6O4/c1-23-17-16(18(27)24(2)19(23)28)25(11-20-17)9-10-29-15(26)8-7-14-21-12-5-3-4-6-13(12)22-14/h3-6,11H,7-10H2,1-2H3,(H,21,22). The summed E-state index contributed by atoms with van der Waals surface area (Å²) in [6.07, 6.45) is 2.11. The van der Waals surface area contributed by atoms with Gasteiger partial charge in [-0.05, 0) is 12.1 Å². The lowest BCUT2D eigenvalue weighted by atomic mass is 10.3. The quantitative estimate of drug-likeness (QED) is 0.474. The van der Waals surface area contributed by atoms with E-state index < -0.39 is 11.2 Å². The molecule has 0 amide bonds. The molecule has 10 heteroatoms. The lowest BCUT2D eigenvalue weighted by Crippen LogP contribution is -2.37. The highest BCUT2D eigenvalue weighted by molar-refractivity contribution is 5.75. The van der Waals surface area contributed by atoms with Crippen molar-refractivity contribution in [2.75, 3.05) is 6.61 Å². The number of hydrogen-bond donors (Lipinski definition) is 1. The third-order valence-electron chi connectivity index (χ3n) is 4.82. The van der Waals surface area contributed by atoms with Crippen LogP contribution in [-0.4, -0.2) is 41.2 Å². The van der Waals surface area contributed by atoms with Gasteiger partial charge in [-0.1, -0.05) is 12.1 Å². The third-order valence-corrected chi connectivity index (χ3v) is 4.82. The third kappa shape index (κ3) is 3.44. The van der Waals surface area contributed by atoms with Crippen LogP contribution in [0.3, 0.4) is 0 Å². The summed E-state index contributed by atoms with van der Waals surface area (Å²) in [6.45, 7) is 0.358. The molecule has 0 saturated carbocycles. The Morgan fingerprint density at radius 3 is 2.76 bits per heavy atom. The Labute approximate surface area is 164 Å². The predicted molar refractivity (Wildman–Crippen MR) is 106 cm³/mol. The molecule has 0 fully saturated rings. The second-order valence-corrected chi connectivity index (χ2v) is 6.74. The summed E-state index contributed by atoms with van der Waals surface area (Å²) in [7, 11) is 2.97. The maximum Gasteiger partial charge on any atom is 0.332 e. The van der Waals surface area contributed by atoms with Gasteiger partial charge in [-0.25, -0.2) is 14.8 Å². The van der Waals surface area contributed by atoms with Gasteiger partial charge in [0.05, 0.1) is 30.3 Å². The summed E-state index contributed by atoms with van der Waals surface area (Å²) in [5.74, 6) is 0.378. The number of esters is 1. The van der Waals surface area contributed by atoms with Crippen molar-refractivity contribution in [3.8, 4) is 0 Å². The number of ether oxygens (including phenoxy) is 1. The van der Waals surface area contributed by atoms with E-state index in [9.17, 15) is 14.4 Å². The molecule has 0 atom stereocenters. The summed E-state index contributed by atoms with van der Waals surface area (Å²) in [4.78, 5) is 48.1. The van der Waals surface area contributed by atoms with Gasteiger partial charge in [0, 0.05) is 20.5 Å². The van der Waals surface area contributed by atoms with Gasteiger partial charge in [0.2, 0.25) is 0 Å². The normalized spacial score (nSPS) is 11.4. The average molecular weight is 396 g/mol. The Balaban J connectivity index is 1.37. The summed E-state index contributed by atoms with van der Waals surface area (Å²) in [6, 6.07) is 7.67. The molecule has 0 aliphatic rings. The Morgan fingerprint density at radius 2 is 1.97 bits per heavy atom. The topological polar surface area (TPSA) is 117 Å². The number of rotatable bonds is 6. The van der Waals surface area contributed by atoms with Crippen molar-refractivity contribution in [1.82, 2.24) is 28.7 Å². The van der Waals surface area contributed by atoms with Gasteiger partial charge in [0.25, 0.3) is 5.56 Å². The summed E-state index contributed by atoms with van der Waals surface area (Å²) in [5.41, 5.74) is 1.52. The minimum atomic E-state index is -0.440. The summed E-state index contributed by atoms with van der Waals surface area (Å²) in [5, 5.41) is 0. The zero-order valence-corrected chi connectivity index (χ0v) is 16.1. The van der Waals surface area contributed by atoms with Gasteiger partial charge < -0.3 is 14.3 Å². The molecule has 0 aliphatic heterocycles. The van der Waals surface area contributed by atoms with Crippen LogP contribution in [0, 0.1) is 0 Å². The molecule has 3 aromatic heterocycles. The van der Waals surface area contributed by atoms with Crippen LogP contribution in [0.2, 0.25) is 0 Å². The van der Waals surface area contributed by atoms with Crippen molar-refractivity contribution in [1.29, 1.82) is 0 Å². The highest BCUT2D eigenvalue weighted by Gasteiger charge is 2.14. The smallest absolute Gasteiger partial charge is 0.332 e. The number of aryl methyl sites for hydroxylation is 2. The minimum Gasteiger partial charge on any atom is -0.464 e. The van der Waals surface area contributed by atoms with Crippen molar-refractivity contribution in [3.63, 3.8) is 0 Å². The molecule has 1 aromatic carbocycles. The van der Waals surface area contributed by atoms with E-state index in [1.54, 1.807) is 11.6 Å². The number of nitrogens with one attached hydrogen (secondary N) is 1. The van der Waals surface area contributed by atoms with Crippen LogP contribution < -0.4 is 11.2 Å². The number of carbonyl (C=O) groups excluding carboxylic acids is 1. The Bertz CT molecular complexity index is 1290. The molecular formula is C19H20N6O4. The number of para-hydroxylation sites is 2. The molecule has 0 unspecified atom stereocenters. The molecule has 29 heavy (non-hydrogen) atoms. The molecule has 0 aliphatic carbocycles. The van der Waals surface area contributed by atoms with Crippen molar-refractivity contribution >= 4 is 28.2 Å². The summed E-state index contributed by atoms with van der Waals surface area (Å²) >= 11 is 0. The second kappa shape index (κ2) is 7.38. The first-order valence-corrected chi connectivity index (χ1v) is 9.16. The maximum atomic E-state index is 12.4. The molecule has 3 heterocycles. The van der Waals surface area contributed by atoms with Crippen LogP contribution in [0.25, 0.3) is 22.2 Å². The summed E-state index contributed by atoms with van der Waals surface area (Å²) < 4.78 is 9.20. The van der Waals surface area contributed by atoms with Gasteiger partial charge in [-0.2, -0.15) is 0 Å². The minimum absolute atomic E-state index is 0.0937. The van der Waals surface area contributed by atoms with Crippen LogP contribution >= 0.6 is 0 Å². The second-order valence-electron chi connectivity index (χ2n) is 6.74. The van der Waals surface area contributed by atoms with Gasteiger partial charge in [-0.15, -0.1) is 0 Å². The van der Waals surface area contributed by atoms with E-state index in [1.807, 2.05) is 24.3 Å². The van der Waals surface area contributed by atoms with Crippen LogP contribution in [0.1, 0.15) is 12.2 Å². The monoisotopic (exact) mass is 396 g/mol. The van der Waals surface area contributed by atoms with Crippen molar-refractivity contribution in [2.45, 2.75) is 19.4 Å². The molecule has 0 spiro atoms. The van der Waals surface area contributed by atoms with Crippen LogP contribution in [0.15, 0.2) is 40.2 Å². The number of nitrogens with zero attached hydrogens (tertiary/aromatic N) is 5. The zero-order valence-electron chi connectivity index (χ0n) is 16.1. The lowest BCUT2D eigenvalue weighted by molar-refractivity contribution is -0.143. The molecule has 4 rings (SSSR count). The van der Waals surface area contributed by atoms with Gasteiger partial charge in [0.1, 0.15) is 12.4 Å². The molecule has 1 N–H and O–H groups in total.